The number of para-hydroxylation sites is 2. The Balaban J connectivity index is 2.19. The standard InChI is InChI=1S/C18H17NO3/c1-2-22-18(21)17(20)16-12-13-8-6-7-11-15(13)19(16)14-9-4-3-5-10-14/h3-12,17,20H,2H2,1H3. The van der Waals surface area contributed by atoms with Crippen molar-refractivity contribution in [1.29, 1.82) is 0 Å². The summed E-state index contributed by atoms with van der Waals surface area (Å²) in [5, 5.41) is 11.3. The minimum absolute atomic E-state index is 0.238. The zero-order valence-electron chi connectivity index (χ0n) is 12.3. The summed E-state index contributed by atoms with van der Waals surface area (Å²) < 4.78 is 6.83. The topological polar surface area (TPSA) is 51.5 Å². The largest absolute Gasteiger partial charge is 0.464 e. The molecule has 22 heavy (non-hydrogen) atoms. The summed E-state index contributed by atoms with van der Waals surface area (Å²) in [6.45, 7) is 1.96. The van der Waals surface area contributed by atoms with E-state index in [0.29, 0.717) is 5.69 Å². The summed E-state index contributed by atoms with van der Waals surface area (Å²) >= 11 is 0. The molecule has 2 aromatic carbocycles. The highest BCUT2D eigenvalue weighted by Crippen LogP contribution is 2.28. The number of ether oxygens (including phenoxy) is 1. The van der Waals surface area contributed by atoms with Gasteiger partial charge in [0.1, 0.15) is 0 Å². The van der Waals surface area contributed by atoms with Crippen LogP contribution in [0.3, 0.4) is 0 Å². The molecule has 0 aliphatic heterocycles. The van der Waals surface area contributed by atoms with Gasteiger partial charge in [-0.2, -0.15) is 0 Å². The number of carbonyl (C=O) groups excluding carboxylic acids is 1. The Labute approximate surface area is 128 Å². The maximum Gasteiger partial charge on any atom is 0.341 e. The van der Waals surface area contributed by atoms with E-state index in [1.54, 1.807) is 6.92 Å². The molecule has 112 valence electrons. The van der Waals surface area contributed by atoms with Gasteiger partial charge in [-0.05, 0) is 31.2 Å². The lowest BCUT2D eigenvalue weighted by Crippen LogP contribution is -2.18. The Morgan fingerprint density at radius 3 is 2.55 bits per heavy atom. The summed E-state index contributed by atoms with van der Waals surface area (Å²) in [6.07, 6.45) is -1.31. The lowest BCUT2D eigenvalue weighted by Gasteiger charge is -2.14. The summed E-state index contributed by atoms with van der Waals surface area (Å²) in [6, 6.07) is 19.2. The number of fused-ring (bicyclic) bond motifs is 1. The molecule has 0 aliphatic carbocycles. The third-order valence-corrected chi connectivity index (χ3v) is 3.54. The lowest BCUT2D eigenvalue weighted by molar-refractivity contribution is -0.153. The molecule has 0 saturated carbocycles. The highest BCUT2D eigenvalue weighted by atomic mass is 16.5. The van der Waals surface area contributed by atoms with E-state index in [2.05, 4.69) is 0 Å². The van der Waals surface area contributed by atoms with E-state index < -0.39 is 12.1 Å². The average molecular weight is 295 g/mol. The van der Waals surface area contributed by atoms with Gasteiger partial charge in [-0.25, -0.2) is 4.79 Å². The molecule has 0 aliphatic rings. The van der Waals surface area contributed by atoms with Gasteiger partial charge in [0.05, 0.1) is 17.8 Å². The number of aliphatic hydroxyl groups is 1. The molecule has 3 aromatic rings. The summed E-state index contributed by atoms with van der Waals surface area (Å²) in [4.78, 5) is 11.9. The first-order chi connectivity index (χ1) is 10.7. The number of hydrogen-bond acceptors (Lipinski definition) is 3. The molecule has 0 fully saturated rings. The van der Waals surface area contributed by atoms with E-state index in [4.69, 9.17) is 4.74 Å². The van der Waals surface area contributed by atoms with Crippen LogP contribution in [-0.4, -0.2) is 22.2 Å². The number of rotatable bonds is 4. The van der Waals surface area contributed by atoms with Gasteiger partial charge in [0.25, 0.3) is 0 Å². The Morgan fingerprint density at radius 1 is 1.14 bits per heavy atom. The molecule has 4 nitrogen and oxygen atoms in total. The van der Waals surface area contributed by atoms with Gasteiger partial charge in [-0.15, -0.1) is 0 Å². The second kappa shape index (κ2) is 6.03. The van der Waals surface area contributed by atoms with Crippen molar-refractivity contribution in [3.63, 3.8) is 0 Å². The van der Waals surface area contributed by atoms with E-state index in [1.165, 1.54) is 0 Å². The van der Waals surface area contributed by atoms with E-state index in [-0.39, 0.29) is 6.61 Å². The molecule has 4 heteroatoms. The maximum atomic E-state index is 11.9. The maximum absolute atomic E-state index is 11.9. The predicted molar refractivity (Wildman–Crippen MR) is 84.9 cm³/mol. The predicted octanol–water partition coefficient (Wildman–Crippen LogP) is 3.23. The second-order valence-electron chi connectivity index (χ2n) is 4.95. The van der Waals surface area contributed by atoms with Crippen LogP contribution < -0.4 is 0 Å². The molecule has 1 aromatic heterocycles. The molecular formula is C18H17NO3. The van der Waals surface area contributed by atoms with Crippen molar-refractivity contribution in [2.45, 2.75) is 13.0 Å². The van der Waals surface area contributed by atoms with Crippen molar-refractivity contribution in [3.05, 3.63) is 66.4 Å². The van der Waals surface area contributed by atoms with E-state index in [0.717, 1.165) is 16.6 Å². The Bertz CT molecular complexity index is 792. The summed E-state index contributed by atoms with van der Waals surface area (Å²) in [5.41, 5.74) is 2.33. The number of benzene rings is 2. The summed E-state index contributed by atoms with van der Waals surface area (Å²) in [7, 11) is 0. The van der Waals surface area contributed by atoms with Crippen LogP contribution in [0.4, 0.5) is 0 Å². The van der Waals surface area contributed by atoms with Crippen molar-refractivity contribution in [3.8, 4) is 5.69 Å². The molecule has 0 amide bonds. The third-order valence-electron chi connectivity index (χ3n) is 3.54. The number of carbonyl (C=O) groups is 1. The Morgan fingerprint density at radius 2 is 1.82 bits per heavy atom. The fourth-order valence-corrected chi connectivity index (χ4v) is 2.58. The quantitative estimate of drug-likeness (QED) is 0.752. The highest BCUT2D eigenvalue weighted by Gasteiger charge is 2.24. The molecule has 1 heterocycles. The van der Waals surface area contributed by atoms with Gasteiger partial charge < -0.3 is 14.4 Å². The van der Waals surface area contributed by atoms with Crippen LogP contribution in [0.1, 0.15) is 18.7 Å². The van der Waals surface area contributed by atoms with Crippen LogP contribution in [0.2, 0.25) is 0 Å². The van der Waals surface area contributed by atoms with Gasteiger partial charge in [-0.3, -0.25) is 0 Å². The van der Waals surface area contributed by atoms with Gasteiger partial charge in [-0.1, -0.05) is 36.4 Å². The van der Waals surface area contributed by atoms with Crippen LogP contribution in [0, 0.1) is 0 Å². The molecule has 0 saturated heterocycles. The van der Waals surface area contributed by atoms with Crippen molar-refractivity contribution >= 4 is 16.9 Å². The van der Waals surface area contributed by atoms with Crippen LogP contribution in [-0.2, 0) is 9.53 Å². The Kier molecular flexibility index (Phi) is 3.94. The number of hydrogen-bond donors (Lipinski definition) is 1. The van der Waals surface area contributed by atoms with Crippen LogP contribution in [0.15, 0.2) is 60.7 Å². The minimum atomic E-state index is -1.31. The van der Waals surface area contributed by atoms with E-state index >= 15 is 0 Å². The van der Waals surface area contributed by atoms with Gasteiger partial charge in [0.2, 0.25) is 0 Å². The highest BCUT2D eigenvalue weighted by molar-refractivity contribution is 5.86. The fourth-order valence-electron chi connectivity index (χ4n) is 2.58. The second-order valence-corrected chi connectivity index (χ2v) is 4.95. The van der Waals surface area contributed by atoms with Crippen molar-refractivity contribution in [1.82, 2.24) is 4.57 Å². The SMILES string of the molecule is CCOC(=O)C(O)c1cc2ccccc2n1-c1ccccc1. The average Bonchev–Trinajstić information content (AvgIpc) is 2.94. The van der Waals surface area contributed by atoms with Crippen molar-refractivity contribution < 1.29 is 14.6 Å². The normalized spacial score (nSPS) is 12.3. The number of aromatic nitrogens is 1. The lowest BCUT2D eigenvalue weighted by atomic mass is 10.2. The van der Waals surface area contributed by atoms with E-state index in [1.807, 2.05) is 65.2 Å². The number of esters is 1. The molecule has 0 bridgehead atoms. The first-order valence-corrected chi connectivity index (χ1v) is 7.23. The van der Waals surface area contributed by atoms with Crippen molar-refractivity contribution in [2.75, 3.05) is 6.61 Å². The molecule has 1 unspecified atom stereocenters. The molecule has 0 spiro atoms. The van der Waals surface area contributed by atoms with Crippen molar-refractivity contribution in [2.24, 2.45) is 0 Å². The first-order valence-electron chi connectivity index (χ1n) is 7.23. The smallest absolute Gasteiger partial charge is 0.341 e. The van der Waals surface area contributed by atoms with Gasteiger partial charge in [0.15, 0.2) is 6.10 Å². The molecular weight excluding hydrogens is 278 g/mol. The monoisotopic (exact) mass is 295 g/mol. The van der Waals surface area contributed by atoms with E-state index in [9.17, 15) is 9.90 Å². The van der Waals surface area contributed by atoms with Crippen LogP contribution in [0.5, 0.6) is 0 Å². The number of nitrogens with zero attached hydrogens (tertiary/aromatic N) is 1. The Hall–Kier alpha value is -2.59. The van der Waals surface area contributed by atoms with Crippen LogP contribution >= 0.6 is 0 Å². The zero-order valence-corrected chi connectivity index (χ0v) is 12.3. The third kappa shape index (κ3) is 2.49. The van der Waals surface area contributed by atoms with Gasteiger partial charge in [0, 0.05) is 11.1 Å². The fraction of sp³-hybridized carbons (Fsp3) is 0.167. The van der Waals surface area contributed by atoms with Crippen LogP contribution in [0.25, 0.3) is 16.6 Å². The molecule has 3 rings (SSSR count). The van der Waals surface area contributed by atoms with Gasteiger partial charge >= 0.3 is 5.97 Å². The zero-order chi connectivity index (χ0) is 15.5. The summed E-state index contributed by atoms with van der Waals surface area (Å²) in [5.74, 6) is -0.637. The molecule has 0 radical (unpaired) electrons. The number of aliphatic hydroxyl groups excluding tert-OH is 1. The first kappa shape index (κ1) is 14.4. The molecule has 1 atom stereocenters. The molecule has 1 N–H and O–H groups in total. The minimum Gasteiger partial charge on any atom is -0.464 e.